The lowest BCUT2D eigenvalue weighted by molar-refractivity contribution is 0.0904. The summed E-state index contributed by atoms with van der Waals surface area (Å²) in [5.41, 5.74) is 0.454. The van der Waals surface area contributed by atoms with Gasteiger partial charge in [-0.3, -0.25) is 4.79 Å². The highest BCUT2D eigenvalue weighted by molar-refractivity contribution is 7.17. The molecule has 2 bridgehead atoms. The molecule has 21 heavy (non-hydrogen) atoms. The summed E-state index contributed by atoms with van der Waals surface area (Å²) in [4.78, 5) is 19.1. The molecule has 2 aliphatic heterocycles. The summed E-state index contributed by atoms with van der Waals surface area (Å²) < 4.78 is 1.01. The Morgan fingerprint density at radius 2 is 2.38 bits per heavy atom. The van der Waals surface area contributed by atoms with Crippen LogP contribution >= 0.6 is 22.9 Å². The maximum Gasteiger partial charge on any atom is 0.270 e. The van der Waals surface area contributed by atoms with Crippen LogP contribution in [0.25, 0.3) is 10.1 Å². The molecule has 0 radical (unpaired) electrons. The fourth-order valence-corrected chi connectivity index (χ4v) is 4.56. The van der Waals surface area contributed by atoms with Gasteiger partial charge in [-0.15, -0.1) is 11.3 Å². The number of hydrogen-bond acceptors (Lipinski definition) is 4. The van der Waals surface area contributed by atoms with Crippen LogP contribution in [0.15, 0.2) is 17.6 Å². The van der Waals surface area contributed by atoms with Crippen LogP contribution in [0.5, 0.6) is 0 Å². The number of piperidine rings is 1. The normalized spacial score (nSPS) is 28.0. The van der Waals surface area contributed by atoms with E-state index in [0.717, 1.165) is 29.0 Å². The lowest BCUT2D eigenvalue weighted by Gasteiger charge is -2.30. The molecule has 4 heterocycles. The Labute approximate surface area is 132 Å². The summed E-state index contributed by atoms with van der Waals surface area (Å²) in [5, 5.41) is 6.61. The number of fused-ring (bicyclic) bond motifs is 3. The van der Waals surface area contributed by atoms with E-state index in [-0.39, 0.29) is 11.9 Å². The topological polar surface area (TPSA) is 45.2 Å². The first kappa shape index (κ1) is 13.5. The highest BCUT2D eigenvalue weighted by Crippen LogP contribution is 2.30. The second-order valence-corrected chi connectivity index (χ2v) is 7.29. The van der Waals surface area contributed by atoms with E-state index in [1.807, 2.05) is 5.38 Å². The monoisotopic (exact) mass is 321 g/mol. The van der Waals surface area contributed by atoms with Crippen molar-refractivity contribution in [1.82, 2.24) is 15.2 Å². The van der Waals surface area contributed by atoms with E-state index in [0.29, 0.717) is 10.7 Å². The first-order valence-corrected chi connectivity index (χ1v) is 8.51. The molecule has 0 aliphatic carbocycles. The van der Waals surface area contributed by atoms with Gasteiger partial charge >= 0.3 is 0 Å². The van der Waals surface area contributed by atoms with E-state index < -0.39 is 0 Å². The molecular formula is C15H16ClN3OS. The van der Waals surface area contributed by atoms with Gasteiger partial charge in [0.2, 0.25) is 0 Å². The van der Waals surface area contributed by atoms with Crippen molar-refractivity contribution < 1.29 is 4.79 Å². The smallest absolute Gasteiger partial charge is 0.270 e. The van der Waals surface area contributed by atoms with Crippen LogP contribution in [0.3, 0.4) is 0 Å². The van der Waals surface area contributed by atoms with E-state index in [1.54, 1.807) is 23.6 Å². The van der Waals surface area contributed by atoms with Crippen LogP contribution in [0.2, 0.25) is 5.02 Å². The Morgan fingerprint density at radius 1 is 1.48 bits per heavy atom. The van der Waals surface area contributed by atoms with Crippen molar-refractivity contribution in [2.24, 2.45) is 5.92 Å². The number of thiophene rings is 1. The Kier molecular flexibility index (Phi) is 3.36. The van der Waals surface area contributed by atoms with Crippen molar-refractivity contribution in [1.29, 1.82) is 0 Å². The Balaban J connectivity index is 1.52. The second-order valence-electron chi connectivity index (χ2n) is 5.97. The minimum atomic E-state index is -0.0910. The molecule has 2 aliphatic rings. The first-order chi connectivity index (χ1) is 10.2. The molecule has 2 saturated heterocycles. The summed E-state index contributed by atoms with van der Waals surface area (Å²) in [7, 11) is 0. The molecule has 110 valence electrons. The fourth-order valence-electron chi connectivity index (χ4n) is 3.45. The number of hydrogen-bond donors (Lipinski definition) is 1. The minimum Gasteiger partial charge on any atom is -0.347 e. The molecule has 2 aromatic rings. The van der Waals surface area contributed by atoms with Crippen molar-refractivity contribution in [2.75, 3.05) is 19.6 Å². The minimum absolute atomic E-state index is 0.0910. The summed E-state index contributed by atoms with van der Waals surface area (Å²) in [5.74, 6) is 0.650. The molecule has 6 heteroatoms. The number of nitrogens with zero attached hydrogens (tertiary/aromatic N) is 2. The van der Waals surface area contributed by atoms with Crippen LogP contribution in [0.4, 0.5) is 0 Å². The van der Waals surface area contributed by atoms with E-state index in [4.69, 9.17) is 11.6 Å². The van der Waals surface area contributed by atoms with Gasteiger partial charge in [0.1, 0.15) is 5.69 Å². The van der Waals surface area contributed by atoms with Gasteiger partial charge < -0.3 is 10.2 Å². The quantitative estimate of drug-likeness (QED) is 0.925. The Hall–Kier alpha value is -1.17. The van der Waals surface area contributed by atoms with Gasteiger partial charge in [0.05, 0.1) is 9.72 Å². The van der Waals surface area contributed by atoms with Crippen molar-refractivity contribution >= 4 is 38.9 Å². The molecule has 4 rings (SSSR count). The van der Waals surface area contributed by atoms with Crippen LogP contribution in [-0.4, -0.2) is 41.5 Å². The van der Waals surface area contributed by atoms with Crippen LogP contribution in [0.1, 0.15) is 23.3 Å². The van der Waals surface area contributed by atoms with Gasteiger partial charge in [0.25, 0.3) is 5.91 Å². The molecule has 4 nitrogen and oxygen atoms in total. The second kappa shape index (κ2) is 5.23. The van der Waals surface area contributed by atoms with Gasteiger partial charge in [-0.1, -0.05) is 11.6 Å². The lowest BCUT2D eigenvalue weighted by atomic mass is 9.97. The average molecular weight is 322 g/mol. The maximum absolute atomic E-state index is 12.4. The summed E-state index contributed by atoms with van der Waals surface area (Å²) in [6.07, 6.45) is 4.08. The molecule has 3 atom stereocenters. The molecular weight excluding hydrogens is 306 g/mol. The third-order valence-electron chi connectivity index (χ3n) is 4.45. The van der Waals surface area contributed by atoms with Crippen LogP contribution < -0.4 is 5.32 Å². The zero-order valence-corrected chi connectivity index (χ0v) is 13.1. The third-order valence-corrected chi connectivity index (χ3v) is 5.82. The van der Waals surface area contributed by atoms with Crippen molar-refractivity contribution in [3.05, 3.63) is 28.4 Å². The Morgan fingerprint density at radius 3 is 3.24 bits per heavy atom. The highest BCUT2D eigenvalue weighted by Gasteiger charge is 2.33. The predicted octanol–water partition coefficient (Wildman–Crippen LogP) is 2.77. The predicted molar refractivity (Wildman–Crippen MR) is 85.0 cm³/mol. The average Bonchev–Trinajstić information content (AvgIpc) is 3.02. The van der Waals surface area contributed by atoms with E-state index >= 15 is 0 Å². The standard InChI is InChI=1S/C15H16ClN3OS/c16-12-8-21-14-5-17-13(4-11(12)14)15(20)18-10-3-9-1-2-19(6-9)7-10/h4-5,8-10H,1-3,6-7H2,(H,18,20). The van der Waals surface area contributed by atoms with Gasteiger partial charge in [-0.25, -0.2) is 4.98 Å². The van der Waals surface area contributed by atoms with Gasteiger partial charge in [-0.2, -0.15) is 0 Å². The molecule has 0 spiro atoms. The zero-order chi connectivity index (χ0) is 14.4. The molecule has 2 fully saturated rings. The van der Waals surface area contributed by atoms with Gasteiger partial charge in [-0.05, 0) is 31.4 Å². The SMILES string of the molecule is O=C(NC1CC2CCN(C2)C1)c1cc2c(Cl)csc2cn1. The summed E-state index contributed by atoms with van der Waals surface area (Å²) >= 11 is 7.68. The van der Waals surface area contributed by atoms with Crippen LogP contribution in [-0.2, 0) is 0 Å². The van der Waals surface area contributed by atoms with Crippen molar-refractivity contribution in [2.45, 2.75) is 18.9 Å². The zero-order valence-electron chi connectivity index (χ0n) is 11.5. The van der Waals surface area contributed by atoms with Gasteiger partial charge in [0, 0.05) is 36.1 Å². The van der Waals surface area contributed by atoms with Crippen molar-refractivity contribution in [3.63, 3.8) is 0 Å². The van der Waals surface area contributed by atoms with Gasteiger partial charge in [0.15, 0.2) is 0 Å². The fraction of sp³-hybridized carbons (Fsp3) is 0.467. The molecule has 0 saturated carbocycles. The summed E-state index contributed by atoms with van der Waals surface area (Å²) in [6.45, 7) is 3.33. The van der Waals surface area contributed by atoms with Crippen molar-refractivity contribution in [3.8, 4) is 0 Å². The number of carbonyl (C=O) groups excluding carboxylic acids is 1. The van der Waals surface area contributed by atoms with E-state index in [2.05, 4.69) is 15.2 Å². The lowest BCUT2D eigenvalue weighted by Crippen LogP contribution is -2.47. The molecule has 2 aromatic heterocycles. The molecule has 0 aromatic carbocycles. The number of aromatic nitrogens is 1. The molecule has 3 unspecified atom stereocenters. The number of rotatable bonds is 2. The number of carbonyl (C=O) groups is 1. The first-order valence-electron chi connectivity index (χ1n) is 7.25. The number of pyridine rings is 1. The maximum atomic E-state index is 12.4. The van der Waals surface area contributed by atoms with E-state index in [9.17, 15) is 4.79 Å². The molecule has 1 amide bonds. The number of amides is 1. The number of nitrogens with one attached hydrogen (secondary N) is 1. The summed E-state index contributed by atoms with van der Waals surface area (Å²) in [6, 6.07) is 2.04. The molecule has 1 N–H and O–H groups in total. The highest BCUT2D eigenvalue weighted by atomic mass is 35.5. The van der Waals surface area contributed by atoms with Crippen LogP contribution in [0, 0.1) is 5.92 Å². The third kappa shape index (κ3) is 2.54. The van der Waals surface area contributed by atoms with E-state index in [1.165, 1.54) is 19.5 Å². The largest absolute Gasteiger partial charge is 0.347 e. The Bertz CT molecular complexity index is 689. The number of halogens is 1.